The van der Waals surface area contributed by atoms with Crippen molar-refractivity contribution >= 4 is 28.5 Å². The van der Waals surface area contributed by atoms with Gasteiger partial charge in [0.2, 0.25) is 0 Å². The Bertz CT molecular complexity index is 794. The molecular formula is C35H73NO5Si2. The predicted octanol–water partition coefficient (Wildman–Crippen LogP) is 11.0. The minimum Gasteiger partial charge on any atom is -0.444 e. The molecule has 0 rings (SSSR count). The average Bonchev–Trinajstić information content (AvgIpc) is 2.83. The van der Waals surface area contributed by atoms with E-state index < -0.39 is 34.4 Å². The largest absolute Gasteiger partial charge is 0.444 e. The molecule has 0 aromatic rings. The molecule has 0 spiro atoms. The number of carbonyl (C=O) groups is 2. The molecule has 0 aliphatic heterocycles. The Balaban J connectivity index is 5.50. The quantitative estimate of drug-likeness (QED) is 0.0995. The van der Waals surface area contributed by atoms with Gasteiger partial charge in [0.25, 0.3) is 0 Å². The zero-order valence-corrected chi connectivity index (χ0v) is 33.1. The third-order valence-corrected chi connectivity index (χ3v) is 18.4. The molecule has 0 aliphatic rings. The third-order valence-electron chi connectivity index (χ3n) is 9.35. The van der Waals surface area contributed by atoms with Crippen molar-refractivity contribution in [3.8, 4) is 0 Å². The number of unbranched alkanes of at least 4 members (excludes halogenated alkanes) is 9. The zero-order chi connectivity index (χ0) is 33.5. The van der Waals surface area contributed by atoms with Crippen LogP contribution in [0, 0.1) is 0 Å². The van der Waals surface area contributed by atoms with Crippen molar-refractivity contribution in [3.63, 3.8) is 0 Å². The maximum Gasteiger partial charge on any atom is 0.408 e. The van der Waals surface area contributed by atoms with Crippen molar-refractivity contribution in [1.29, 1.82) is 0 Å². The Morgan fingerprint density at radius 2 is 1.14 bits per heavy atom. The Labute approximate surface area is 269 Å². The van der Waals surface area contributed by atoms with E-state index in [0.717, 1.165) is 12.8 Å². The lowest BCUT2D eigenvalue weighted by Gasteiger charge is -2.43. The summed E-state index contributed by atoms with van der Waals surface area (Å²) >= 11 is 0. The van der Waals surface area contributed by atoms with Crippen LogP contribution in [-0.2, 0) is 18.4 Å². The highest BCUT2D eigenvalue weighted by Gasteiger charge is 2.43. The number of ether oxygens (including phenoxy) is 1. The molecule has 0 saturated carbocycles. The van der Waals surface area contributed by atoms with E-state index in [1.165, 1.54) is 51.4 Å². The van der Waals surface area contributed by atoms with Crippen molar-refractivity contribution in [2.75, 3.05) is 6.61 Å². The van der Waals surface area contributed by atoms with Crippen LogP contribution in [0.5, 0.6) is 0 Å². The van der Waals surface area contributed by atoms with E-state index in [1.54, 1.807) is 0 Å². The first kappa shape index (κ1) is 42.3. The van der Waals surface area contributed by atoms with Gasteiger partial charge in [-0.1, -0.05) is 106 Å². The number of hydrogen-bond acceptors (Lipinski definition) is 5. The van der Waals surface area contributed by atoms with Crippen LogP contribution in [0.2, 0.25) is 36.3 Å². The van der Waals surface area contributed by atoms with Crippen molar-refractivity contribution in [2.45, 2.75) is 207 Å². The van der Waals surface area contributed by atoms with Crippen LogP contribution in [-0.4, -0.2) is 52.9 Å². The molecule has 0 saturated heterocycles. The predicted molar refractivity (Wildman–Crippen MR) is 189 cm³/mol. The molecule has 256 valence electrons. The Morgan fingerprint density at radius 3 is 1.58 bits per heavy atom. The van der Waals surface area contributed by atoms with Crippen LogP contribution in [0.25, 0.3) is 0 Å². The first-order chi connectivity index (χ1) is 19.5. The molecule has 6 nitrogen and oxygen atoms in total. The zero-order valence-electron chi connectivity index (χ0n) is 31.1. The van der Waals surface area contributed by atoms with Crippen LogP contribution in [0.4, 0.5) is 4.79 Å². The molecule has 0 heterocycles. The number of amides is 1. The monoisotopic (exact) mass is 644 g/mol. The van der Waals surface area contributed by atoms with Gasteiger partial charge in [-0.2, -0.15) is 0 Å². The normalized spacial score (nSPS) is 14.8. The van der Waals surface area contributed by atoms with Crippen LogP contribution >= 0.6 is 0 Å². The van der Waals surface area contributed by atoms with Gasteiger partial charge in [-0.05, 0) is 69.9 Å². The van der Waals surface area contributed by atoms with Gasteiger partial charge < -0.3 is 18.9 Å². The van der Waals surface area contributed by atoms with Crippen molar-refractivity contribution in [1.82, 2.24) is 5.32 Å². The van der Waals surface area contributed by atoms with Gasteiger partial charge in [0.05, 0.1) is 18.8 Å². The summed E-state index contributed by atoms with van der Waals surface area (Å²) in [6.45, 7) is 30.4. The topological polar surface area (TPSA) is 73.9 Å². The van der Waals surface area contributed by atoms with Gasteiger partial charge in [-0.15, -0.1) is 0 Å². The fraction of sp³-hybridized carbons (Fsp3) is 0.943. The summed E-state index contributed by atoms with van der Waals surface area (Å²) in [6.07, 6.45) is 13.4. The highest BCUT2D eigenvalue weighted by atomic mass is 28.4. The van der Waals surface area contributed by atoms with E-state index in [-0.39, 0.29) is 22.0 Å². The maximum atomic E-state index is 13.0. The molecule has 1 N–H and O–H groups in total. The first-order valence-electron chi connectivity index (χ1n) is 17.4. The second-order valence-corrected chi connectivity index (χ2v) is 26.3. The third kappa shape index (κ3) is 18.8. The summed E-state index contributed by atoms with van der Waals surface area (Å²) < 4.78 is 19.2. The highest BCUT2D eigenvalue weighted by molar-refractivity contribution is 6.74. The average molecular weight is 644 g/mol. The molecule has 1 amide bonds. The summed E-state index contributed by atoms with van der Waals surface area (Å²) in [6, 6.07) is -0.414. The molecule has 8 heteroatoms. The minimum absolute atomic E-state index is 0.0119. The number of ketones is 1. The van der Waals surface area contributed by atoms with E-state index >= 15 is 0 Å². The van der Waals surface area contributed by atoms with Gasteiger partial charge >= 0.3 is 6.09 Å². The van der Waals surface area contributed by atoms with Crippen LogP contribution in [0.3, 0.4) is 0 Å². The van der Waals surface area contributed by atoms with E-state index in [1.807, 2.05) is 20.8 Å². The van der Waals surface area contributed by atoms with Gasteiger partial charge in [-0.3, -0.25) is 4.79 Å². The lowest BCUT2D eigenvalue weighted by Crippen LogP contribution is -2.55. The molecular weight excluding hydrogens is 571 g/mol. The van der Waals surface area contributed by atoms with Gasteiger partial charge in [0, 0.05) is 12.8 Å². The second-order valence-electron chi connectivity index (χ2n) is 16.7. The standard InChI is InChI=1S/C35H73NO5Si2/c1-15-16-17-18-19-20-21-22-23-24-25-29(37)26-27-31(41-43(13,14)35(8,9)10)30(36-32(38)40-33(2,3)4)28-39-42(11,12)34(5,6)7/h30-31H,15-28H2,1-14H3,(H,36,38)/t30-,31-/m0/s1. The molecule has 0 fully saturated rings. The lowest BCUT2D eigenvalue weighted by atomic mass is 10.0. The fourth-order valence-electron chi connectivity index (χ4n) is 4.35. The first-order valence-corrected chi connectivity index (χ1v) is 23.2. The van der Waals surface area contributed by atoms with Crippen molar-refractivity contribution in [3.05, 3.63) is 0 Å². The molecule has 0 aromatic carbocycles. The van der Waals surface area contributed by atoms with Crippen LogP contribution < -0.4 is 5.32 Å². The number of nitrogens with one attached hydrogen (secondary N) is 1. The van der Waals surface area contributed by atoms with E-state index in [0.29, 0.717) is 25.9 Å². The minimum atomic E-state index is -2.21. The van der Waals surface area contributed by atoms with E-state index in [9.17, 15) is 9.59 Å². The summed E-state index contributed by atoms with van der Waals surface area (Å²) in [5.74, 6) is 0.282. The van der Waals surface area contributed by atoms with Gasteiger partial charge in [-0.25, -0.2) is 4.79 Å². The molecule has 0 radical (unpaired) electrons. The Morgan fingerprint density at radius 1 is 0.674 bits per heavy atom. The Hall–Kier alpha value is -0.706. The fourth-order valence-corrected chi connectivity index (χ4v) is 6.77. The molecule has 0 unspecified atom stereocenters. The van der Waals surface area contributed by atoms with Crippen molar-refractivity contribution < 1.29 is 23.2 Å². The maximum absolute atomic E-state index is 13.0. The van der Waals surface area contributed by atoms with Crippen molar-refractivity contribution in [2.24, 2.45) is 0 Å². The van der Waals surface area contributed by atoms with Gasteiger partial charge in [0.1, 0.15) is 11.4 Å². The Kier molecular flexibility index (Phi) is 18.8. The summed E-state index contributed by atoms with van der Waals surface area (Å²) in [5.41, 5.74) is -0.615. The van der Waals surface area contributed by atoms with Crippen LogP contribution in [0.1, 0.15) is 153 Å². The number of rotatable bonds is 21. The lowest BCUT2D eigenvalue weighted by molar-refractivity contribution is -0.119. The number of hydrogen-bond donors (Lipinski definition) is 1. The molecule has 0 bridgehead atoms. The van der Waals surface area contributed by atoms with E-state index in [4.69, 9.17) is 13.6 Å². The highest BCUT2D eigenvalue weighted by Crippen LogP contribution is 2.39. The summed E-state index contributed by atoms with van der Waals surface area (Å²) in [5, 5.41) is 3.13. The van der Waals surface area contributed by atoms with E-state index in [2.05, 4.69) is 80.0 Å². The number of alkyl carbamates (subject to hydrolysis) is 1. The number of Topliss-reactive ketones (excluding diaryl/α,β-unsaturated/α-hetero) is 1. The molecule has 0 aromatic heterocycles. The second kappa shape index (κ2) is 19.1. The van der Waals surface area contributed by atoms with Crippen LogP contribution in [0.15, 0.2) is 0 Å². The molecule has 0 aliphatic carbocycles. The summed E-state index contributed by atoms with van der Waals surface area (Å²) in [7, 11) is -4.31. The summed E-state index contributed by atoms with van der Waals surface area (Å²) in [4.78, 5) is 26.1. The molecule has 43 heavy (non-hydrogen) atoms. The molecule has 2 atom stereocenters. The number of carbonyl (C=O) groups excluding carboxylic acids is 2. The SMILES string of the molecule is CCCCCCCCCCCCC(=O)CC[C@H](O[Si](C)(C)C(C)(C)C)[C@H](CO[Si](C)(C)C(C)(C)C)NC(=O)OC(C)(C)C. The van der Waals surface area contributed by atoms with Gasteiger partial charge in [0.15, 0.2) is 16.6 Å². The smallest absolute Gasteiger partial charge is 0.408 e.